The molecular weight excluding hydrogens is 354 g/mol. The second-order valence-corrected chi connectivity index (χ2v) is 7.57. The molecule has 0 atom stereocenters. The lowest BCUT2D eigenvalue weighted by Crippen LogP contribution is -2.38. The summed E-state index contributed by atoms with van der Waals surface area (Å²) in [5.74, 6) is 0.00161. The van der Waals surface area contributed by atoms with Crippen LogP contribution in [0, 0.1) is 13.8 Å². The summed E-state index contributed by atoms with van der Waals surface area (Å²) >= 11 is 0. The van der Waals surface area contributed by atoms with E-state index in [4.69, 9.17) is 9.15 Å². The van der Waals surface area contributed by atoms with Crippen LogP contribution in [0.5, 0.6) is 5.75 Å². The zero-order valence-electron chi connectivity index (χ0n) is 16.3. The third-order valence-corrected chi connectivity index (χ3v) is 5.45. The van der Waals surface area contributed by atoms with Gasteiger partial charge in [0.2, 0.25) is 5.76 Å². The second kappa shape index (κ2) is 7.68. The Kier molecular flexibility index (Phi) is 5.09. The molecule has 1 saturated heterocycles. The van der Waals surface area contributed by atoms with Crippen molar-refractivity contribution >= 4 is 16.9 Å². The number of carbonyl (C=O) groups is 1. The SMILES string of the molecule is Cc1ccc(C)c(OC2CCN(Cc3c(C(=O)O)oc4ccccc34)CC2)c1. The molecule has 0 unspecified atom stereocenters. The van der Waals surface area contributed by atoms with E-state index in [1.54, 1.807) is 0 Å². The van der Waals surface area contributed by atoms with E-state index < -0.39 is 5.97 Å². The zero-order chi connectivity index (χ0) is 19.7. The van der Waals surface area contributed by atoms with Crippen molar-refractivity contribution < 1.29 is 19.1 Å². The molecule has 1 aliphatic heterocycles. The van der Waals surface area contributed by atoms with Gasteiger partial charge in [-0.25, -0.2) is 4.79 Å². The fraction of sp³-hybridized carbons (Fsp3) is 0.348. The Morgan fingerprint density at radius 2 is 1.93 bits per heavy atom. The molecular formula is C23H25NO4. The van der Waals surface area contributed by atoms with Crippen LogP contribution in [0.2, 0.25) is 0 Å². The maximum Gasteiger partial charge on any atom is 0.372 e. The summed E-state index contributed by atoms with van der Waals surface area (Å²) < 4.78 is 11.8. The van der Waals surface area contributed by atoms with Crippen molar-refractivity contribution in [2.75, 3.05) is 13.1 Å². The van der Waals surface area contributed by atoms with Crippen LogP contribution in [0.1, 0.15) is 40.1 Å². The minimum Gasteiger partial charge on any atom is -0.490 e. The fourth-order valence-electron chi connectivity index (χ4n) is 3.85. The Morgan fingerprint density at radius 3 is 2.68 bits per heavy atom. The molecule has 0 aliphatic carbocycles. The minimum atomic E-state index is -1.01. The van der Waals surface area contributed by atoms with Crippen LogP contribution in [0.4, 0.5) is 0 Å². The number of likely N-dealkylation sites (tertiary alicyclic amines) is 1. The van der Waals surface area contributed by atoms with E-state index in [0.717, 1.165) is 48.2 Å². The number of rotatable bonds is 5. The Hall–Kier alpha value is -2.79. The summed E-state index contributed by atoms with van der Waals surface area (Å²) in [5.41, 5.74) is 3.75. The van der Waals surface area contributed by atoms with Gasteiger partial charge < -0.3 is 14.3 Å². The van der Waals surface area contributed by atoms with Crippen LogP contribution in [0.3, 0.4) is 0 Å². The molecule has 4 rings (SSSR count). The predicted molar refractivity (Wildman–Crippen MR) is 108 cm³/mol. The van der Waals surface area contributed by atoms with Gasteiger partial charge in [-0.05, 0) is 49.9 Å². The highest BCUT2D eigenvalue weighted by Crippen LogP contribution is 2.29. The number of para-hydroxylation sites is 1. The molecule has 0 radical (unpaired) electrons. The molecule has 1 aromatic heterocycles. The number of carboxylic acid groups (broad SMARTS) is 1. The average molecular weight is 379 g/mol. The van der Waals surface area contributed by atoms with Gasteiger partial charge in [0.05, 0.1) is 0 Å². The number of benzene rings is 2. The maximum atomic E-state index is 11.6. The van der Waals surface area contributed by atoms with Crippen molar-refractivity contribution in [2.24, 2.45) is 0 Å². The van der Waals surface area contributed by atoms with Gasteiger partial charge in [-0.15, -0.1) is 0 Å². The molecule has 0 bridgehead atoms. The van der Waals surface area contributed by atoms with Gasteiger partial charge in [-0.3, -0.25) is 4.90 Å². The number of aryl methyl sites for hydroxylation is 2. The van der Waals surface area contributed by atoms with Crippen molar-refractivity contribution in [1.29, 1.82) is 0 Å². The highest BCUT2D eigenvalue weighted by atomic mass is 16.5. The first kappa shape index (κ1) is 18.6. The first-order chi connectivity index (χ1) is 13.5. The number of fused-ring (bicyclic) bond motifs is 1. The summed E-state index contributed by atoms with van der Waals surface area (Å²) in [6.45, 7) is 6.46. The molecule has 0 saturated carbocycles. The number of aromatic carboxylic acids is 1. The normalized spacial score (nSPS) is 15.8. The van der Waals surface area contributed by atoms with Crippen LogP contribution >= 0.6 is 0 Å². The summed E-state index contributed by atoms with van der Waals surface area (Å²) in [5, 5.41) is 10.4. The van der Waals surface area contributed by atoms with Crippen molar-refractivity contribution in [3.63, 3.8) is 0 Å². The summed E-state index contributed by atoms with van der Waals surface area (Å²) in [6, 6.07) is 13.8. The van der Waals surface area contributed by atoms with E-state index in [-0.39, 0.29) is 11.9 Å². The number of ether oxygens (including phenoxy) is 1. The molecule has 2 aromatic carbocycles. The van der Waals surface area contributed by atoms with Gasteiger partial charge in [0.1, 0.15) is 17.4 Å². The molecule has 3 aromatic rings. The molecule has 5 heteroatoms. The van der Waals surface area contributed by atoms with Crippen LogP contribution < -0.4 is 4.74 Å². The average Bonchev–Trinajstić information content (AvgIpc) is 3.05. The third kappa shape index (κ3) is 3.76. The van der Waals surface area contributed by atoms with Gasteiger partial charge in [0.25, 0.3) is 0 Å². The lowest BCUT2D eigenvalue weighted by molar-refractivity contribution is 0.0657. The van der Waals surface area contributed by atoms with Gasteiger partial charge in [0.15, 0.2) is 0 Å². The number of piperidine rings is 1. The Bertz CT molecular complexity index is 999. The zero-order valence-corrected chi connectivity index (χ0v) is 16.3. The summed E-state index contributed by atoms with van der Waals surface area (Å²) in [6.07, 6.45) is 2.04. The Morgan fingerprint density at radius 1 is 1.18 bits per heavy atom. The van der Waals surface area contributed by atoms with E-state index in [2.05, 4.69) is 36.9 Å². The van der Waals surface area contributed by atoms with Crippen LogP contribution in [-0.2, 0) is 6.54 Å². The number of hydrogen-bond donors (Lipinski definition) is 1. The molecule has 146 valence electrons. The lowest BCUT2D eigenvalue weighted by Gasteiger charge is -2.32. The lowest BCUT2D eigenvalue weighted by atomic mass is 10.0. The largest absolute Gasteiger partial charge is 0.490 e. The molecule has 0 spiro atoms. The first-order valence-corrected chi connectivity index (χ1v) is 9.71. The monoisotopic (exact) mass is 379 g/mol. The number of carboxylic acids is 1. The number of furan rings is 1. The maximum absolute atomic E-state index is 11.6. The molecule has 1 aliphatic rings. The Labute approximate surface area is 164 Å². The van der Waals surface area contributed by atoms with Crippen LogP contribution in [0.15, 0.2) is 46.9 Å². The second-order valence-electron chi connectivity index (χ2n) is 7.57. The highest BCUT2D eigenvalue weighted by molar-refractivity contribution is 5.95. The van der Waals surface area contributed by atoms with Crippen LogP contribution in [-0.4, -0.2) is 35.2 Å². The molecule has 1 N–H and O–H groups in total. The molecule has 0 amide bonds. The van der Waals surface area contributed by atoms with Crippen molar-refractivity contribution in [3.8, 4) is 5.75 Å². The predicted octanol–water partition coefficient (Wildman–Crippen LogP) is 4.79. The fourth-order valence-corrected chi connectivity index (χ4v) is 3.85. The molecule has 1 fully saturated rings. The molecule has 2 heterocycles. The van der Waals surface area contributed by atoms with E-state index in [1.807, 2.05) is 24.3 Å². The highest BCUT2D eigenvalue weighted by Gasteiger charge is 2.25. The standard InChI is InChI=1S/C23H25NO4/c1-15-7-8-16(2)21(13-15)27-17-9-11-24(12-10-17)14-19-18-5-3-4-6-20(18)28-22(19)23(25)26/h3-8,13,17H,9-12,14H2,1-2H3,(H,25,26). The van der Waals surface area contributed by atoms with E-state index >= 15 is 0 Å². The first-order valence-electron chi connectivity index (χ1n) is 9.71. The molecule has 5 nitrogen and oxygen atoms in total. The number of hydrogen-bond acceptors (Lipinski definition) is 4. The van der Waals surface area contributed by atoms with E-state index in [0.29, 0.717) is 12.1 Å². The van der Waals surface area contributed by atoms with Gasteiger partial charge >= 0.3 is 5.97 Å². The molecule has 28 heavy (non-hydrogen) atoms. The summed E-state index contributed by atoms with van der Waals surface area (Å²) in [4.78, 5) is 13.9. The quantitative estimate of drug-likeness (QED) is 0.690. The number of nitrogens with zero attached hydrogens (tertiary/aromatic N) is 1. The van der Waals surface area contributed by atoms with Crippen molar-refractivity contribution in [2.45, 2.75) is 39.3 Å². The van der Waals surface area contributed by atoms with Crippen molar-refractivity contribution in [1.82, 2.24) is 4.90 Å². The van der Waals surface area contributed by atoms with Gasteiger partial charge in [-0.2, -0.15) is 0 Å². The third-order valence-electron chi connectivity index (χ3n) is 5.45. The Balaban J connectivity index is 1.44. The van der Waals surface area contributed by atoms with E-state index in [9.17, 15) is 9.90 Å². The van der Waals surface area contributed by atoms with Crippen LogP contribution in [0.25, 0.3) is 11.0 Å². The summed E-state index contributed by atoms with van der Waals surface area (Å²) in [7, 11) is 0. The van der Waals surface area contributed by atoms with Crippen molar-refractivity contribution in [3.05, 3.63) is 64.9 Å². The van der Waals surface area contributed by atoms with Gasteiger partial charge in [-0.1, -0.05) is 30.3 Å². The smallest absolute Gasteiger partial charge is 0.372 e. The van der Waals surface area contributed by atoms with Gasteiger partial charge in [0, 0.05) is 30.6 Å². The topological polar surface area (TPSA) is 62.9 Å². The van der Waals surface area contributed by atoms with E-state index in [1.165, 1.54) is 5.56 Å². The minimum absolute atomic E-state index is 0.0509.